The fourth-order valence-corrected chi connectivity index (χ4v) is 2.38. The number of halogens is 1. The zero-order chi connectivity index (χ0) is 17.9. The molecule has 26 heavy (non-hydrogen) atoms. The summed E-state index contributed by atoms with van der Waals surface area (Å²) in [6, 6.07) is 16.0. The van der Waals surface area contributed by atoms with E-state index in [4.69, 9.17) is 8.83 Å². The first-order valence-electron chi connectivity index (χ1n) is 7.74. The maximum absolute atomic E-state index is 13.7. The molecule has 4 rings (SSSR count). The lowest BCUT2D eigenvalue weighted by molar-refractivity contribution is 0.102. The number of hydrogen-bond acceptors (Lipinski definition) is 5. The van der Waals surface area contributed by atoms with Crippen LogP contribution in [0, 0.1) is 5.82 Å². The van der Waals surface area contributed by atoms with Gasteiger partial charge in [-0.25, -0.2) is 4.39 Å². The van der Waals surface area contributed by atoms with Gasteiger partial charge in [0.2, 0.25) is 5.89 Å². The number of aromatic nitrogens is 2. The third-order valence-electron chi connectivity index (χ3n) is 3.67. The van der Waals surface area contributed by atoms with E-state index in [0.29, 0.717) is 22.9 Å². The Bertz CT molecular complexity index is 1040. The second kappa shape index (κ2) is 6.64. The number of nitrogens with zero attached hydrogens (tertiary/aromatic N) is 2. The zero-order valence-electron chi connectivity index (χ0n) is 13.3. The van der Waals surface area contributed by atoms with E-state index in [0.717, 1.165) is 0 Å². The number of carbonyl (C=O) groups is 1. The van der Waals surface area contributed by atoms with Gasteiger partial charge in [-0.1, -0.05) is 12.1 Å². The molecule has 0 aliphatic rings. The van der Waals surface area contributed by atoms with Crippen molar-refractivity contribution in [1.29, 1.82) is 0 Å². The van der Waals surface area contributed by atoms with Crippen LogP contribution in [0.15, 0.2) is 75.8 Å². The third kappa shape index (κ3) is 3.10. The van der Waals surface area contributed by atoms with E-state index in [-0.39, 0.29) is 11.5 Å². The van der Waals surface area contributed by atoms with Gasteiger partial charge in [0.15, 0.2) is 5.76 Å². The van der Waals surface area contributed by atoms with Gasteiger partial charge in [-0.15, -0.1) is 10.2 Å². The molecule has 2 aromatic carbocycles. The Morgan fingerprint density at radius 2 is 1.69 bits per heavy atom. The van der Waals surface area contributed by atoms with E-state index >= 15 is 0 Å². The summed E-state index contributed by atoms with van der Waals surface area (Å²) in [5.74, 6) is -0.00508. The van der Waals surface area contributed by atoms with Crippen LogP contribution in [0.3, 0.4) is 0 Å². The average molecular weight is 349 g/mol. The van der Waals surface area contributed by atoms with Crippen molar-refractivity contribution in [3.63, 3.8) is 0 Å². The number of carbonyl (C=O) groups excluding carboxylic acids is 1. The van der Waals surface area contributed by atoms with Crippen LogP contribution in [0.25, 0.3) is 23.1 Å². The average Bonchev–Trinajstić information content (AvgIpc) is 3.34. The number of furan rings is 1. The number of rotatable bonds is 4. The molecular formula is C19H12FN3O3. The molecule has 1 N–H and O–H groups in total. The largest absolute Gasteiger partial charge is 0.459 e. The minimum absolute atomic E-state index is 0.0171. The molecule has 0 aliphatic heterocycles. The maximum atomic E-state index is 13.7. The van der Waals surface area contributed by atoms with Crippen LogP contribution in [0.5, 0.6) is 0 Å². The highest BCUT2D eigenvalue weighted by Crippen LogP contribution is 2.25. The van der Waals surface area contributed by atoms with Crippen molar-refractivity contribution >= 4 is 11.6 Å². The van der Waals surface area contributed by atoms with E-state index in [1.165, 1.54) is 24.5 Å². The minimum Gasteiger partial charge on any atom is -0.459 e. The highest BCUT2D eigenvalue weighted by atomic mass is 19.1. The van der Waals surface area contributed by atoms with E-state index in [1.54, 1.807) is 42.5 Å². The molecule has 2 aromatic heterocycles. The van der Waals surface area contributed by atoms with Crippen molar-refractivity contribution < 1.29 is 18.0 Å². The molecule has 1 amide bonds. The monoisotopic (exact) mass is 349 g/mol. The topological polar surface area (TPSA) is 81.2 Å². The van der Waals surface area contributed by atoms with Crippen LogP contribution in [-0.4, -0.2) is 16.1 Å². The van der Waals surface area contributed by atoms with E-state index in [2.05, 4.69) is 15.5 Å². The number of benzene rings is 2. The second-order valence-electron chi connectivity index (χ2n) is 5.40. The summed E-state index contributed by atoms with van der Waals surface area (Å²) >= 11 is 0. The van der Waals surface area contributed by atoms with Gasteiger partial charge in [0.25, 0.3) is 11.8 Å². The second-order valence-corrected chi connectivity index (χ2v) is 5.40. The fraction of sp³-hybridized carbons (Fsp3) is 0. The highest BCUT2D eigenvalue weighted by Gasteiger charge is 2.14. The Hall–Kier alpha value is -3.74. The van der Waals surface area contributed by atoms with Crippen LogP contribution in [-0.2, 0) is 0 Å². The molecule has 0 aliphatic carbocycles. The van der Waals surface area contributed by atoms with Gasteiger partial charge >= 0.3 is 0 Å². The fourth-order valence-electron chi connectivity index (χ4n) is 2.38. The summed E-state index contributed by atoms with van der Waals surface area (Å²) in [4.78, 5) is 12.1. The smallest absolute Gasteiger partial charge is 0.283 e. The maximum Gasteiger partial charge on any atom is 0.283 e. The summed E-state index contributed by atoms with van der Waals surface area (Å²) in [6.45, 7) is 0. The van der Waals surface area contributed by atoms with Gasteiger partial charge in [-0.3, -0.25) is 4.79 Å². The molecule has 0 spiro atoms. The normalized spacial score (nSPS) is 10.7. The lowest BCUT2D eigenvalue weighted by Gasteiger charge is -2.06. The summed E-state index contributed by atoms with van der Waals surface area (Å²) in [5.41, 5.74) is 1.18. The van der Waals surface area contributed by atoms with Crippen molar-refractivity contribution in [2.24, 2.45) is 0 Å². The molecule has 0 saturated carbocycles. The summed E-state index contributed by atoms with van der Waals surface area (Å²) < 4.78 is 24.4. The first-order valence-corrected chi connectivity index (χ1v) is 7.74. The SMILES string of the molecule is O=C(Nc1ccc(-c2nnc(-c3ccco3)o2)cc1)c1ccccc1F. The standard InChI is InChI=1S/C19H12FN3O3/c20-15-5-2-1-4-14(15)17(24)21-13-9-7-12(8-10-13)18-22-23-19(26-18)16-6-3-11-25-16/h1-11H,(H,21,24). The van der Waals surface area contributed by atoms with Crippen LogP contribution in [0.2, 0.25) is 0 Å². The molecule has 0 saturated heterocycles. The third-order valence-corrected chi connectivity index (χ3v) is 3.67. The first-order chi connectivity index (χ1) is 12.7. The van der Waals surface area contributed by atoms with Crippen LogP contribution >= 0.6 is 0 Å². The first kappa shape index (κ1) is 15.8. The molecule has 0 bridgehead atoms. The molecule has 0 radical (unpaired) electrons. The molecule has 128 valence electrons. The lowest BCUT2D eigenvalue weighted by Crippen LogP contribution is -2.13. The van der Waals surface area contributed by atoms with E-state index in [1.807, 2.05) is 0 Å². The molecular weight excluding hydrogens is 337 g/mol. The molecule has 0 atom stereocenters. The number of hydrogen-bond donors (Lipinski definition) is 1. The van der Waals surface area contributed by atoms with Crippen LogP contribution in [0.1, 0.15) is 10.4 Å². The van der Waals surface area contributed by atoms with Gasteiger partial charge in [0.05, 0.1) is 11.8 Å². The molecule has 2 heterocycles. The highest BCUT2D eigenvalue weighted by molar-refractivity contribution is 6.04. The van der Waals surface area contributed by atoms with Crippen molar-refractivity contribution in [1.82, 2.24) is 10.2 Å². The van der Waals surface area contributed by atoms with Crippen molar-refractivity contribution in [3.8, 4) is 23.1 Å². The van der Waals surface area contributed by atoms with Gasteiger partial charge in [0, 0.05) is 11.3 Å². The Morgan fingerprint density at radius 1 is 0.923 bits per heavy atom. The van der Waals surface area contributed by atoms with Crippen LogP contribution < -0.4 is 5.32 Å². The molecule has 7 heteroatoms. The summed E-state index contributed by atoms with van der Waals surface area (Å²) in [5, 5.41) is 10.6. The minimum atomic E-state index is -0.571. The number of anilines is 1. The van der Waals surface area contributed by atoms with Crippen molar-refractivity contribution in [2.75, 3.05) is 5.32 Å². The summed E-state index contributed by atoms with van der Waals surface area (Å²) in [6.07, 6.45) is 1.52. The van der Waals surface area contributed by atoms with Gasteiger partial charge in [-0.05, 0) is 48.5 Å². The van der Waals surface area contributed by atoms with E-state index < -0.39 is 11.7 Å². The predicted molar refractivity (Wildman–Crippen MR) is 91.8 cm³/mol. The Morgan fingerprint density at radius 3 is 2.42 bits per heavy atom. The Balaban J connectivity index is 1.50. The predicted octanol–water partition coefficient (Wildman–Crippen LogP) is 4.39. The van der Waals surface area contributed by atoms with Gasteiger partial charge in [-0.2, -0.15) is 0 Å². The molecule has 4 aromatic rings. The van der Waals surface area contributed by atoms with Gasteiger partial charge < -0.3 is 14.2 Å². The summed E-state index contributed by atoms with van der Waals surface area (Å²) in [7, 11) is 0. The molecule has 0 fully saturated rings. The van der Waals surface area contributed by atoms with Crippen molar-refractivity contribution in [2.45, 2.75) is 0 Å². The Kier molecular flexibility index (Phi) is 4.03. The van der Waals surface area contributed by atoms with Gasteiger partial charge in [0.1, 0.15) is 5.82 Å². The number of amides is 1. The zero-order valence-corrected chi connectivity index (χ0v) is 13.3. The van der Waals surface area contributed by atoms with E-state index in [9.17, 15) is 9.18 Å². The van der Waals surface area contributed by atoms with Crippen LogP contribution in [0.4, 0.5) is 10.1 Å². The quantitative estimate of drug-likeness (QED) is 0.591. The molecule has 0 unspecified atom stereocenters. The Labute approximate surface area is 147 Å². The van der Waals surface area contributed by atoms with Crippen molar-refractivity contribution in [3.05, 3.63) is 78.3 Å². The molecule has 6 nitrogen and oxygen atoms in total. The number of nitrogens with one attached hydrogen (secondary N) is 1. The lowest BCUT2D eigenvalue weighted by atomic mass is 10.1.